The van der Waals surface area contributed by atoms with Crippen LogP contribution in [0.15, 0.2) is 22.7 Å². The molecule has 3 nitrogen and oxygen atoms in total. The largest absolute Gasteiger partial charge is 0.481 e. The molecule has 1 aromatic rings. The summed E-state index contributed by atoms with van der Waals surface area (Å²) in [5, 5.41) is 8.56. The highest BCUT2D eigenvalue weighted by atomic mass is 79.9. The fourth-order valence-electron chi connectivity index (χ4n) is 1.51. The predicted octanol–water partition coefficient (Wildman–Crippen LogP) is 3.06. The third kappa shape index (κ3) is 3.85. The van der Waals surface area contributed by atoms with Gasteiger partial charge in [0.1, 0.15) is 0 Å². The number of aryl methyl sites for hydroxylation is 1. The molecule has 0 aliphatic rings. The van der Waals surface area contributed by atoms with Crippen molar-refractivity contribution in [2.45, 2.75) is 19.8 Å². The molecular weight excluding hydrogens is 270 g/mol. The summed E-state index contributed by atoms with van der Waals surface area (Å²) in [6, 6.07) is 6.15. The smallest absolute Gasteiger partial charge is 0.303 e. The Hall–Kier alpha value is -1.03. The van der Waals surface area contributed by atoms with Crippen LogP contribution in [0, 0.1) is 6.92 Å². The van der Waals surface area contributed by atoms with E-state index in [1.54, 1.807) is 0 Å². The average molecular weight is 286 g/mol. The molecule has 0 aliphatic carbocycles. The van der Waals surface area contributed by atoms with Crippen LogP contribution in [0.1, 0.15) is 18.4 Å². The van der Waals surface area contributed by atoms with Crippen LogP contribution < -0.4 is 4.90 Å². The molecule has 4 heteroatoms. The van der Waals surface area contributed by atoms with E-state index in [-0.39, 0.29) is 6.42 Å². The summed E-state index contributed by atoms with van der Waals surface area (Å²) in [6.07, 6.45) is 0.875. The van der Waals surface area contributed by atoms with Crippen LogP contribution in [0.5, 0.6) is 0 Å². The minimum absolute atomic E-state index is 0.216. The highest BCUT2D eigenvalue weighted by Gasteiger charge is 2.06. The molecule has 0 unspecified atom stereocenters. The van der Waals surface area contributed by atoms with E-state index in [2.05, 4.69) is 26.9 Å². The zero-order valence-electron chi connectivity index (χ0n) is 9.53. The normalized spacial score (nSPS) is 10.2. The minimum atomic E-state index is -0.739. The lowest BCUT2D eigenvalue weighted by atomic mass is 10.2. The van der Waals surface area contributed by atoms with Crippen molar-refractivity contribution in [2.75, 3.05) is 18.5 Å². The highest BCUT2D eigenvalue weighted by molar-refractivity contribution is 9.10. The number of hydrogen-bond donors (Lipinski definition) is 1. The number of nitrogens with zero attached hydrogens (tertiary/aromatic N) is 1. The summed E-state index contributed by atoms with van der Waals surface area (Å²) >= 11 is 3.51. The molecule has 0 saturated carbocycles. The van der Waals surface area contributed by atoms with Crippen molar-refractivity contribution < 1.29 is 9.90 Å². The topological polar surface area (TPSA) is 40.5 Å². The van der Waals surface area contributed by atoms with Gasteiger partial charge in [0.15, 0.2) is 0 Å². The van der Waals surface area contributed by atoms with Gasteiger partial charge in [-0.15, -0.1) is 0 Å². The first-order valence-electron chi connectivity index (χ1n) is 5.20. The van der Waals surface area contributed by atoms with E-state index >= 15 is 0 Å². The van der Waals surface area contributed by atoms with Crippen LogP contribution >= 0.6 is 15.9 Å². The van der Waals surface area contributed by atoms with Gasteiger partial charge in [-0.25, -0.2) is 0 Å². The van der Waals surface area contributed by atoms with Gasteiger partial charge in [-0.05, 0) is 47.0 Å². The maximum atomic E-state index is 10.4. The van der Waals surface area contributed by atoms with Gasteiger partial charge < -0.3 is 10.0 Å². The van der Waals surface area contributed by atoms with Crippen LogP contribution in [0.2, 0.25) is 0 Å². The van der Waals surface area contributed by atoms with Crippen LogP contribution in [-0.4, -0.2) is 24.7 Å². The molecule has 1 aromatic carbocycles. The van der Waals surface area contributed by atoms with Gasteiger partial charge in [0.25, 0.3) is 0 Å². The Kier molecular flexibility index (Phi) is 4.80. The van der Waals surface area contributed by atoms with Gasteiger partial charge in [-0.3, -0.25) is 4.79 Å². The molecule has 0 aliphatic heterocycles. The second kappa shape index (κ2) is 5.89. The summed E-state index contributed by atoms with van der Waals surface area (Å²) < 4.78 is 1.05. The molecule has 88 valence electrons. The van der Waals surface area contributed by atoms with E-state index in [0.717, 1.165) is 16.7 Å². The molecule has 0 bridgehead atoms. The zero-order chi connectivity index (χ0) is 12.1. The second-order valence-corrected chi connectivity index (χ2v) is 4.73. The lowest BCUT2D eigenvalue weighted by Crippen LogP contribution is -2.19. The molecule has 0 atom stereocenters. The fourth-order valence-corrected chi connectivity index (χ4v) is 2.31. The van der Waals surface area contributed by atoms with Gasteiger partial charge in [0.05, 0.1) is 5.69 Å². The second-order valence-electron chi connectivity index (χ2n) is 3.87. The minimum Gasteiger partial charge on any atom is -0.481 e. The average Bonchev–Trinajstić information content (AvgIpc) is 2.16. The first kappa shape index (κ1) is 13.0. The number of halogens is 1. The summed E-state index contributed by atoms with van der Waals surface area (Å²) in [4.78, 5) is 12.5. The van der Waals surface area contributed by atoms with Crippen LogP contribution in [-0.2, 0) is 4.79 Å². The molecule has 1 N–H and O–H groups in total. The molecule has 0 spiro atoms. The maximum absolute atomic E-state index is 10.4. The van der Waals surface area contributed by atoms with E-state index in [9.17, 15) is 4.79 Å². The van der Waals surface area contributed by atoms with E-state index in [1.807, 2.05) is 26.1 Å². The number of rotatable bonds is 5. The lowest BCUT2D eigenvalue weighted by molar-refractivity contribution is -0.137. The Morgan fingerprint density at radius 3 is 2.75 bits per heavy atom. The molecular formula is C12H16BrNO2. The predicted molar refractivity (Wildman–Crippen MR) is 69.0 cm³/mol. The van der Waals surface area contributed by atoms with Crippen LogP contribution in [0.25, 0.3) is 0 Å². The Bertz CT molecular complexity index is 379. The van der Waals surface area contributed by atoms with Crippen molar-refractivity contribution >= 4 is 27.6 Å². The number of anilines is 1. The number of carboxylic acid groups (broad SMARTS) is 1. The number of carboxylic acids is 1. The summed E-state index contributed by atoms with van der Waals surface area (Å²) in [5.74, 6) is -0.739. The van der Waals surface area contributed by atoms with Crippen molar-refractivity contribution in [3.8, 4) is 0 Å². The molecule has 0 amide bonds. The van der Waals surface area contributed by atoms with Gasteiger partial charge in [-0.1, -0.05) is 6.07 Å². The van der Waals surface area contributed by atoms with Crippen molar-refractivity contribution in [2.24, 2.45) is 0 Å². The van der Waals surface area contributed by atoms with Crippen molar-refractivity contribution in [1.29, 1.82) is 0 Å². The summed E-state index contributed by atoms with van der Waals surface area (Å²) in [7, 11) is 1.97. The molecule has 0 fully saturated rings. The molecule has 16 heavy (non-hydrogen) atoms. The third-order valence-corrected chi connectivity index (χ3v) is 3.03. The number of hydrogen-bond acceptors (Lipinski definition) is 2. The van der Waals surface area contributed by atoms with E-state index < -0.39 is 5.97 Å². The molecule has 0 aromatic heterocycles. The van der Waals surface area contributed by atoms with Crippen molar-refractivity contribution in [3.05, 3.63) is 28.2 Å². The summed E-state index contributed by atoms with van der Waals surface area (Å²) in [5.41, 5.74) is 2.30. The Morgan fingerprint density at radius 2 is 2.19 bits per heavy atom. The molecule has 0 saturated heterocycles. The van der Waals surface area contributed by atoms with Gasteiger partial charge in [0.2, 0.25) is 0 Å². The first-order chi connectivity index (χ1) is 7.50. The first-order valence-corrected chi connectivity index (χ1v) is 5.99. The third-order valence-electron chi connectivity index (χ3n) is 2.40. The highest BCUT2D eigenvalue weighted by Crippen LogP contribution is 2.26. The van der Waals surface area contributed by atoms with Crippen LogP contribution in [0.3, 0.4) is 0 Å². The van der Waals surface area contributed by atoms with E-state index in [4.69, 9.17) is 5.11 Å². The summed E-state index contributed by atoms with van der Waals surface area (Å²) in [6.45, 7) is 2.78. The molecule has 0 radical (unpaired) electrons. The molecule has 0 heterocycles. The van der Waals surface area contributed by atoms with Crippen LogP contribution in [0.4, 0.5) is 5.69 Å². The maximum Gasteiger partial charge on any atom is 0.303 e. The number of carbonyl (C=O) groups is 1. The van der Waals surface area contributed by atoms with Gasteiger partial charge in [0, 0.05) is 24.5 Å². The SMILES string of the molecule is Cc1ccc(N(C)CCCC(=O)O)c(Br)c1. The van der Waals surface area contributed by atoms with Gasteiger partial charge in [-0.2, -0.15) is 0 Å². The Morgan fingerprint density at radius 1 is 1.50 bits per heavy atom. The van der Waals surface area contributed by atoms with Crippen molar-refractivity contribution in [1.82, 2.24) is 0 Å². The Balaban J connectivity index is 2.58. The molecule has 1 rings (SSSR count). The number of aliphatic carboxylic acids is 1. The zero-order valence-corrected chi connectivity index (χ0v) is 11.1. The van der Waals surface area contributed by atoms with Gasteiger partial charge >= 0.3 is 5.97 Å². The van der Waals surface area contributed by atoms with Crippen molar-refractivity contribution in [3.63, 3.8) is 0 Å². The van der Waals surface area contributed by atoms with E-state index in [1.165, 1.54) is 5.56 Å². The number of benzene rings is 1. The Labute approximate surface area is 104 Å². The standard InChI is InChI=1S/C12H16BrNO2/c1-9-5-6-11(10(13)8-9)14(2)7-3-4-12(15)16/h5-6,8H,3-4,7H2,1-2H3,(H,15,16). The quantitative estimate of drug-likeness (QED) is 0.904. The monoisotopic (exact) mass is 285 g/mol. The fraction of sp³-hybridized carbons (Fsp3) is 0.417. The van der Waals surface area contributed by atoms with E-state index in [0.29, 0.717) is 6.42 Å². The lowest BCUT2D eigenvalue weighted by Gasteiger charge is -2.20.